The van der Waals surface area contributed by atoms with E-state index in [2.05, 4.69) is 0 Å². The standard InChI is InChI=1S/C16H10O8.4Na.4H/c17-13(18)9-3-1-7(5-11(9)15(21)22)8-2-4-10(14(19)20)12(6-8)16(23)24;;;;;;;;/h1-6H,(H,17,18)(H,19,20)(H,21,22)(H,23,24);;;;;;;;/q;4*+1;4*-1. The zero-order chi connectivity index (χ0) is 18.0. The molecule has 0 bridgehead atoms. The van der Waals surface area contributed by atoms with E-state index >= 15 is 0 Å². The minimum atomic E-state index is -1.45. The van der Waals surface area contributed by atoms with Crippen LogP contribution in [-0.4, -0.2) is 44.3 Å². The summed E-state index contributed by atoms with van der Waals surface area (Å²) in [5, 5.41) is 36.2. The Bertz CT molecular complexity index is 842. The number of carboxylic acid groups (broad SMARTS) is 4. The Hall–Kier alpha value is 0.320. The van der Waals surface area contributed by atoms with Crippen LogP contribution in [-0.2, 0) is 0 Å². The zero-order valence-corrected chi connectivity index (χ0v) is 23.9. The molecular weight excluding hydrogens is 412 g/mol. The minimum Gasteiger partial charge on any atom is -1.00 e. The first-order chi connectivity index (χ1) is 11.2. The monoisotopic (exact) mass is 426 g/mol. The van der Waals surface area contributed by atoms with E-state index in [0.29, 0.717) is 0 Å². The second-order valence-corrected chi connectivity index (χ2v) is 4.74. The first-order valence-corrected chi connectivity index (χ1v) is 6.44. The maximum Gasteiger partial charge on any atom is 1.00 e. The van der Waals surface area contributed by atoms with Crippen molar-refractivity contribution in [1.29, 1.82) is 0 Å². The van der Waals surface area contributed by atoms with Crippen molar-refractivity contribution in [3.05, 3.63) is 58.7 Å². The summed E-state index contributed by atoms with van der Waals surface area (Å²) in [4.78, 5) is 44.4. The topological polar surface area (TPSA) is 149 Å². The van der Waals surface area contributed by atoms with Gasteiger partial charge < -0.3 is 26.1 Å². The molecule has 130 valence electrons. The Morgan fingerprint density at radius 3 is 0.964 bits per heavy atom. The van der Waals surface area contributed by atoms with Crippen molar-refractivity contribution in [1.82, 2.24) is 0 Å². The van der Waals surface area contributed by atoms with Gasteiger partial charge in [-0.15, -0.1) is 0 Å². The van der Waals surface area contributed by atoms with E-state index in [9.17, 15) is 19.2 Å². The van der Waals surface area contributed by atoms with Gasteiger partial charge in [0.15, 0.2) is 0 Å². The van der Waals surface area contributed by atoms with Crippen molar-refractivity contribution in [2.75, 3.05) is 0 Å². The Labute approximate surface area is 253 Å². The van der Waals surface area contributed by atoms with Gasteiger partial charge in [-0.05, 0) is 35.4 Å². The van der Waals surface area contributed by atoms with Crippen LogP contribution in [0.5, 0.6) is 0 Å². The molecule has 0 aliphatic rings. The zero-order valence-electron chi connectivity index (χ0n) is 19.9. The molecule has 0 amide bonds. The molecule has 0 aromatic heterocycles. The van der Waals surface area contributed by atoms with Crippen LogP contribution in [0, 0.1) is 0 Å². The third-order valence-electron chi connectivity index (χ3n) is 3.29. The van der Waals surface area contributed by atoms with Gasteiger partial charge in [-0.1, -0.05) is 12.1 Å². The molecule has 2 aromatic carbocycles. The van der Waals surface area contributed by atoms with Gasteiger partial charge in [-0.3, -0.25) is 0 Å². The molecule has 28 heavy (non-hydrogen) atoms. The Morgan fingerprint density at radius 2 is 0.750 bits per heavy atom. The van der Waals surface area contributed by atoms with Gasteiger partial charge in [0.2, 0.25) is 0 Å². The van der Waals surface area contributed by atoms with Crippen LogP contribution in [0.15, 0.2) is 36.4 Å². The van der Waals surface area contributed by atoms with Crippen molar-refractivity contribution in [3.8, 4) is 11.1 Å². The minimum absolute atomic E-state index is 0. The third kappa shape index (κ3) is 7.86. The first kappa shape index (κ1) is 33.0. The van der Waals surface area contributed by atoms with Gasteiger partial charge in [-0.2, -0.15) is 0 Å². The summed E-state index contributed by atoms with van der Waals surface area (Å²) >= 11 is 0. The maximum atomic E-state index is 11.2. The van der Waals surface area contributed by atoms with Crippen LogP contribution in [0.25, 0.3) is 11.1 Å². The number of aromatic carboxylic acids is 4. The van der Waals surface area contributed by atoms with Gasteiger partial charge in [0, 0.05) is 0 Å². The van der Waals surface area contributed by atoms with E-state index in [1.165, 1.54) is 12.1 Å². The first-order valence-electron chi connectivity index (χ1n) is 6.44. The molecule has 12 heteroatoms. The average Bonchev–Trinajstić information content (AvgIpc) is 2.53. The summed E-state index contributed by atoms with van der Waals surface area (Å²) in [5.74, 6) is -5.72. The molecule has 2 rings (SSSR count). The fourth-order valence-corrected chi connectivity index (χ4v) is 2.17. The maximum absolute atomic E-state index is 11.2. The van der Waals surface area contributed by atoms with Crippen LogP contribution in [0.2, 0.25) is 0 Å². The fraction of sp³-hybridized carbons (Fsp3) is 0. The smallest absolute Gasteiger partial charge is 1.00 e. The second kappa shape index (κ2) is 14.3. The largest absolute Gasteiger partial charge is 1.00 e. The molecule has 0 heterocycles. The van der Waals surface area contributed by atoms with Crippen molar-refractivity contribution in [3.63, 3.8) is 0 Å². The van der Waals surface area contributed by atoms with E-state index < -0.39 is 46.1 Å². The van der Waals surface area contributed by atoms with Gasteiger partial charge >= 0.3 is 142 Å². The molecule has 0 aliphatic carbocycles. The normalized spacial score (nSPS) is 8.71. The van der Waals surface area contributed by atoms with Crippen LogP contribution in [0.4, 0.5) is 0 Å². The third-order valence-corrected chi connectivity index (χ3v) is 3.29. The molecule has 0 spiro atoms. The summed E-state index contributed by atoms with van der Waals surface area (Å²) in [6.07, 6.45) is 0. The van der Waals surface area contributed by atoms with E-state index in [1.54, 1.807) is 0 Å². The molecule has 0 atom stereocenters. The molecule has 0 aliphatic heterocycles. The van der Waals surface area contributed by atoms with Gasteiger partial charge in [0.05, 0.1) is 22.3 Å². The number of hydrogen-bond acceptors (Lipinski definition) is 4. The van der Waals surface area contributed by atoms with Crippen molar-refractivity contribution in [2.45, 2.75) is 0 Å². The van der Waals surface area contributed by atoms with Gasteiger partial charge in [0.25, 0.3) is 0 Å². The van der Waals surface area contributed by atoms with E-state index in [4.69, 9.17) is 20.4 Å². The quantitative estimate of drug-likeness (QED) is 0.345. The van der Waals surface area contributed by atoms with Crippen LogP contribution in [0.1, 0.15) is 47.1 Å². The van der Waals surface area contributed by atoms with E-state index in [0.717, 1.165) is 24.3 Å². The molecular formula is C16H14Na4O8. The Morgan fingerprint density at radius 1 is 0.500 bits per heavy atom. The SMILES string of the molecule is O=C(O)c1ccc(-c2ccc(C(=O)O)c(C(=O)O)c2)cc1C(=O)O.[H-].[H-].[H-].[H-].[Na+].[Na+].[Na+].[Na+]. The Kier molecular flexibility index (Phi) is 16.9. The number of hydrogen-bond donors (Lipinski definition) is 4. The molecule has 0 unspecified atom stereocenters. The fourth-order valence-electron chi connectivity index (χ4n) is 2.17. The van der Waals surface area contributed by atoms with Crippen LogP contribution in [0.3, 0.4) is 0 Å². The van der Waals surface area contributed by atoms with E-state index in [-0.39, 0.29) is 135 Å². The van der Waals surface area contributed by atoms with Gasteiger partial charge in [0.1, 0.15) is 0 Å². The summed E-state index contributed by atoms with van der Waals surface area (Å²) in [6, 6.07) is 6.99. The average molecular weight is 426 g/mol. The molecule has 0 saturated heterocycles. The molecule has 0 saturated carbocycles. The molecule has 0 radical (unpaired) electrons. The summed E-state index contributed by atoms with van der Waals surface area (Å²) in [7, 11) is 0. The molecule has 2 aromatic rings. The summed E-state index contributed by atoms with van der Waals surface area (Å²) in [5.41, 5.74) is -1.24. The summed E-state index contributed by atoms with van der Waals surface area (Å²) in [6.45, 7) is 0. The van der Waals surface area contributed by atoms with Crippen LogP contribution >= 0.6 is 0 Å². The second-order valence-electron chi connectivity index (χ2n) is 4.74. The number of carbonyl (C=O) groups is 4. The van der Waals surface area contributed by atoms with Crippen LogP contribution < -0.4 is 118 Å². The van der Waals surface area contributed by atoms with Crippen molar-refractivity contribution in [2.24, 2.45) is 0 Å². The van der Waals surface area contributed by atoms with E-state index in [1.807, 2.05) is 0 Å². The predicted octanol–water partition coefficient (Wildman–Crippen LogP) is -9.39. The van der Waals surface area contributed by atoms with Crippen molar-refractivity contribution < 1.29 is 164 Å². The number of benzene rings is 2. The number of carboxylic acids is 4. The molecule has 0 fully saturated rings. The molecule has 8 nitrogen and oxygen atoms in total. The Balaban J connectivity index is -0.000000156. The predicted molar refractivity (Wildman–Crippen MR) is 84.2 cm³/mol. The molecule has 4 N–H and O–H groups in total. The van der Waals surface area contributed by atoms with Crippen molar-refractivity contribution >= 4 is 23.9 Å². The van der Waals surface area contributed by atoms with Gasteiger partial charge in [-0.25, -0.2) is 19.2 Å². The summed E-state index contributed by atoms with van der Waals surface area (Å²) < 4.78 is 0. The number of rotatable bonds is 5.